The lowest BCUT2D eigenvalue weighted by Crippen LogP contribution is -1.83. The minimum absolute atomic E-state index is 0.0784. The molecule has 0 spiro atoms. The van der Waals surface area contributed by atoms with E-state index in [-0.39, 0.29) is 5.75 Å². The van der Waals surface area contributed by atoms with Crippen LogP contribution in [-0.2, 0) is 0 Å². The van der Waals surface area contributed by atoms with Crippen LogP contribution in [0.15, 0.2) is 42.6 Å². The molecular formula is C11H8ClNO. The predicted molar refractivity (Wildman–Crippen MR) is 56.3 cm³/mol. The van der Waals surface area contributed by atoms with E-state index in [1.807, 2.05) is 30.3 Å². The van der Waals surface area contributed by atoms with Gasteiger partial charge in [0.15, 0.2) is 0 Å². The molecule has 1 aromatic carbocycles. The van der Waals surface area contributed by atoms with Gasteiger partial charge in [-0.3, -0.25) is 4.98 Å². The number of pyridine rings is 1. The average Bonchev–Trinajstić information content (AvgIpc) is 2.19. The van der Waals surface area contributed by atoms with E-state index < -0.39 is 0 Å². The lowest BCUT2D eigenvalue weighted by Gasteiger charge is -2.02. The van der Waals surface area contributed by atoms with Crippen LogP contribution in [0, 0.1) is 0 Å². The highest BCUT2D eigenvalue weighted by Crippen LogP contribution is 2.27. The zero-order valence-corrected chi connectivity index (χ0v) is 8.07. The van der Waals surface area contributed by atoms with E-state index in [9.17, 15) is 0 Å². The van der Waals surface area contributed by atoms with Crippen LogP contribution < -0.4 is 0 Å². The molecule has 0 aliphatic rings. The largest absolute Gasteiger partial charge is 0.506 e. The molecule has 0 bridgehead atoms. The maximum Gasteiger partial charge on any atom is 0.135 e. The third kappa shape index (κ3) is 1.70. The Balaban J connectivity index is 2.53. The summed E-state index contributed by atoms with van der Waals surface area (Å²) in [5.41, 5.74) is 1.63. The van der Waals surface area contributed by atoms with E-state index in [0.29, 0.717) is 10.7 Å². The van der Waals surface area contributed by atoms with Gasteiger partial charge in [0, 0.05) is 11.6 Å². The van der Waals surface area contributed by atoms with Crippen molar-refractivity contribution >= 4 is 11.6 Å². The summed E-state index contributed by atoms with van der Waals surface area (Å²) in [5, 5.41) is 9.59. The first kappa shape index (κ1) is 9.03. The molecule has 0 radical (unpaired) electrons. The van der Waals surface area contributed by atoms with Crippen LogP contribution in [0.4, 0.5) is 0 Å². The highest BCUT2D eigenvalue weighted by molar-refractivity contribution is 6.33. The van der Waals surface area contributed by atoms with Crippen molar-refractivity contribution in [3.05, 3.63) is 47.6 Å². The third-order valence-electron chi connectivity index (χ3n) is 1.87. The first-order valence-corrected chi connectivity index (χ1v) is 4.55. The van der Waals surface area contributed by atoms with Gasteiger partial charge in [-0.15, -0.1) is 0 Å². The molecule has 0 atom stereocenters. The van der Waals surface area contributed by atoms with Gasteiger partial charge in [-0.05, 0) is 0 Å². The number of hydrogen-bond donors (Lipinski definition) is 1. The van der Waals surface area contributed by atoms with Gasteiger partial charge < -0.3 is 5.11 Å². The van der Waals surface area contributed by atoms with Crippen LogP contribution in [0.25, 0.3) is 11.3 Å². The van der Waals surface area contributed by atoms with E-state index in [0.717, 1.165) is 5.56 Å². The third-order valence-corrected chi connectivity index (χ3v) is 2.16. The first-order valence-electron chi connectivity index (χ1n) is 4.17. The van der Waals surface area contributed by atoms with Crippen molar-refractivity contribution in [1.82, 2.24) is 4.98 Å². The number of benzene rings is 1. The standard InChI is InChI=1S/C11H8ClNO/c12-10-6-9(14)7-13-11(10)8-4-2-1-3-5-8/h1-7,14H. The van der Waals surface area contributed by atoms with Crippen LogP contribution in [-0.4, -0.2) is 10.1 Å². The van der Waals surface area contributed by atoms with E-state index in [4.69, 9.17) is 16.7 Å². The van der Waals surface area contributed by atoms with Crippen molar-refractivity contribution in [3.63, 3.8) is 0 Å². The second-order valence-electron chi connectivity index (χ2n) is 2.89. The molecule has 2 aromatic rings. The Morgan fingerprint density at radius 1 is 1.14 bits per heavy atom. The Labute approximate surface area is 86.8 Å². The van der Waals surface area contributed by atoms with Crippen LogP contribution in [0.3, 0.4) is 0 Å². The molecule has 1 heterocycles. The summed E-state index contributed by atoms with van der Waals surface area (Å²) in [7, 11) is 0. The summed E-state index contributed by atoms with van der Waals surface area (Å²) in [6.07, 6.45) is 1.38. The van der Waals surface area contributed by atoms with E-state index in [2.05, 4.69) is 4.98 Å². The van der Waals surface area contributed by atoms with Crippen molar-refractivity contribution < 1.29 is 5.11 Å². The Kier molecular flexibility index (Phi) is 2.37. The van der Waals surface area contributed by atoms with Gasteiger partial charge in [-0.2, -0.15) is 0 Å². The molecule has 2 nitrogen and oxygen atoms in total. The Hall–Kier alpha value is -1.54. The molecule has 70 valence electrons. The average molecular weight is 206 g/mol. The van der Waals surface area contributed by atoms with Gasteiger partial charge in [0.2, 0.25) is 0 Å². The molecule has 0 fully saturated rings. The van der Waals surface area contributed by atoms with Gasteiger partial charge in [-0.1, -0.05) is 41.9 Å². The smallest absolute Gasteiger partial charge is 0.135 e. The second-order valence-corrected chi connectivity index (χ2v) is 3.30. The summed E-state index contributed by atoms with van der Waals surface area (Å²) in [6.45, 7) is 0. The van der Waals surface area contributed by atoms with Crippen LogP contribution in [0.2, 0.25) is 5.02 Å². The van der Waals surface area contributed by atoms with E-state index in [1.165, 1.54) is 12.3 Å². The molecule has 1 aromatic heterocycles. The molecule has 0 amide bonds. The molecule has 0 unspecified atom stereocenters. The minimum atomic E-state index is 0.0784. The second kappa shape index (κ2) is 3.68. The van der Waals surface area contributed by atoms with Crippen LogP contribution in [0.5, 0.6) is 5.75 Å². The molecule has 0 aliphatic carbocycles. The summed E-state index contributed by atoms with van der Waals surface area (Å²) in [4.78, 5) is 4.07. The molecule has 0 saturated carbocycles. The van der Waals surface area contributed by atoms with Crippen molar-refractivity contribution in [2.24, 2.45) is 0 Å². The Morgan fingerprint density at radius 2 is 1.86 bits per heavy atom. The molecule has 0 aliphatic heterocycles. The van der Waals surface area contributed by atoms with E-state index in [1.54, 1.807) is 0 Å². The maximum absolute atomic E-state index is 9.14. The molecule has 2 rings (SSSR count). The van der Waals surface area contributed by atoms with Crippen molar-refractivity contribution in [3.8, 4) is 17.0 Å². The Bertz CT molecular complexity index is 442. The van der Waals surface area contributed by atoms with Gasteiger partial charge in [0.1, 0.15) is 5.75 Å². The van der Waals surface area contributed by atoms with Gasteiger partial charge in [0.25, 0.3) is 0 Å². The van der Waals surface area contributed by atoms with Gasteiger partial charge in [-0.25, -0.2) is 0 Å². The number of halogens is 1. The number of nitrogens with zero attached hydrogens (tertiary/aromatic N) is 1. The fourth-order valence-electron chi connectivity index (χ4n) is 1.24. The van der Waals surface area contributed by atoms with Crippen LogP contribution in [0.1, 0.15) is 0 Å². The molecule has 0 saturated heterocycles. The molecule has 1 N–H and O–H groups in total. The number of hydrogen-bond acceptors (Lipinski definition) is 2. The Morgan fingerprint density at radius 3 is 2.50 bits per heavy atom. The number of aromatic hydroxyl groups is 1. The van der Waals surface area contributed by atoms with Crippen molar-refractivity contribution in [2.45, 2.75) is 0 Å². The van der Waals surface area contributed by atoms with Gasteiger partial charge in [0.05, 0.1) is 16.9 Å². The minimum Gasteiger partial charge on any atom is -0.506 e. The summed E-state index contributed by atoms with van der Waals surface area (Å²) < 4.78 is 0. The maximum atomic E-state index is 9.14. The summed E-state index contributed by atoms with van der Waals surface area (Å²) in [6, 6.07) is 11.1. The lowest BCUT2D eigenvalue weighted by molar-refractivity contribution is 0.473. The van der Waals surface area contributed by atoms with Gasteiger partial charge >= 0.3 is 0 Å². The highest BCUT2D eigenvalue weighted by Gasteiger charge is 2.04. The normalized spacial score (nSPS) is 10.1. The zero-order chi connectivity index (χ0) is 9.97. The number of rotatable bonds is 1. The predicted octanol–water partition coefficient (Wildman–Crippen LogP) is 3.11. The van der Waals surface area contributed by atoms with E-state index >= 15 is 0 Å². The zero-order valence-electron chi connectivity index (χ0n) is 7.31. The molecule has 14 heavy (non-hydrogen) atoms. The van der Waals surface area contributed by atoms with Crippen LogP contribution >= 0.6 is 11.6 Å². The van der Waals surface area contributed by atoms with Crippen molar-refractivity contribution in [1.29, 1.82) is 0 Å². The number of aromatic nitrogens is 1. The first-order chi connectivity index (χ1) is 6.77. The SMILES string of the molecule is Oc1cnc(-c2ccccc2)c(Cl)c1. The lowest BCUT2D eigenvalue weighted by atomic mass is 10.1. The fourth-order valence-corrected chi connectivity index (χ4v) is 1.51. The molecular weight excluding hydrogens is 198 g/mol. The summed E-state index contributed by atoms with van der Waals surface area (Å²) in [5.74, 6) is 0.0784. The highest BCUT2D eigenvalue weighted by atomic mass is 35.5. The topological polar surface area (TPSA) is 33.1 Å². The molecule has 3 heteroatoms. The quantitative estimate of drug-likeness (QED) is 0.776. The monoisotopic (exact) mass is 205 g/mol. The summed E-state index contributed by atoms with van der Waals surface area (Å²) >= 11 is 5.94. The fraction of sp³-hybridized carbons (Fsp3) is 0. The van der Waals surface area contributed by atoms with Crippen molar-refractivity contribution in [2.75, 3.05) is 0 Å².